The maximum absolute atomic E-state index is 12.2. The Morgan fingerprint density at radius 2 is 2.00 bits per heavy atom. The minimum atomic E-state index is -0.523. The number of rotatable bonds is 5. The molecule has 0 amide bonds. The van der Waals surface area contributed by atoms with E-state index in [-0.39, 0.29) is 0 Å². The van der Waals surface area contributed by atoms with Gasteiger partial charge >= 0.3 is 11.1 Å². The average Bonchev–Trinajstić information content (AvgIpc) is 2.49. The lowest BCUT2D eigenvalue weighted by atomic mass is 10.1. The zero-order valence-corrected chi connectivity index (χ0v) is 11.6. The van der Waals surface area contributed by atoms with E-state index < -0.39 is 11.1 Å². The van der Waals surface area contributed by atoms with Crippen LogP contribution in [-0.4, -0.2) is 9.13 Å². The Morgan fingerprint density at radius 1 is 1.20 bits per heavy atom. The van der Waals surface area contributed by atoms with E-state index in [1.165, 1.54) is 9.13 Å². The molecule has 1 aromatic carbocycles. The summed E-state index contributed by atoms with van der Waals surface area (Å²) in [5.41, 5.74) is 0.827. The zero-order chi connectivity index (χ0) is 14.5. The van der Waals surface area contributed by atoms with E-state index >= 15 is 0 Å². The van der Waals surface area contributed by atoms with E-state index in [2.05, 4.69) is 13.5 Å². The molecule has 0 aliphatic heterocycles. The van der Waals surface area contributed by atoms with Crippen LogP contribution in [0, 0.1) is 0 Å². The van der Waals surface area contributed by atoms with Gasteiger partial charge in [0.1, 0.15) is 0 Å². The van der Waals surface area contributed by atoms with Crippen LogP contribution in [0.2, 0.25) is 0 Å². The minimum Gasteiger partial charge on any atom is -0.309 e. The first-order valence-electron chi connectivity index (χ1n) is 6.69. The molecule has 104 valence electrons. The molecule has 2 rings (SSSR count). The van der Waals surface area contributed by atoms with Crippen molar-refractivity contribution in [3.05, 3.63) is 75.6 Å². The van der Waals surface area contributed by atoms with Gasteiger partial charge in [0.25, 0.3) is 0 Å². The van der Waals surface area contributed by atoms with Crippen LogP contribution < -0.4 is 11.1 Å². The van der Waals surface area contributed by atoms with Gasteiger partial charge in [0, 0.05) is 24.6 Å². The van der Waals surface area contributed by atoms with Crippen LogP contribution in [0.4, 0.5) is 0 Å². The highest BCUT2D eigenvalue weighted by Gasteiger charge is 2.06. The molecule has 0 saturated heterocycles. The first kappa shape index (κ1) is 14.1. The third-order valence-corrected chi connectivity index (χ3v) is 3.23. The summed E-state index contributed by atoms with van der Waals surface area (Å²) in [5, 5.41) is 0. The van der Waals surface area contributed by atoms with E-state index in [0.29, 0.717) is 13.0 Å². The summed E-state index contributed by atoms with van der Waals surface area (Å²) in [6.07, 6.45) is 6.56. The molecule has 1 aromatic heterocycles. The Morgan fingerprint density at radius 3 is 2.70 bits per heavy atom. The SMILES string of the molecule is C=CCCn1ccn(-c2cccc(CC)c2)c(=O)c1=O. The molecule has 0 aliphatic rings. The fourth-order valence-corrected chi connectivity index (χ4v) is 2.04. The smallest absolute Gasteiger partial charge is 0.309 e. The quantitative estimate of drug-likeness (QED) is 0.617. The number of nitrogens with zero attached hydrogens (tertiary/aromatic N) is 2. The Kier molecular flexibility index (Phi) is 4.35. The Labute approximate surface area is 117 Å². The van der Waals surface area contributed by atoms with E-state index in [9.17, 15) is 9.59 Å². The van der Waals surface area contributed by atoms with E-state index in [1.54, 1.807) is 18.5 Å². The first-order chi connectivity index (χ1) is 9.67. The summed E-state index contributed by atoms with van der Waals surface area (Å²) in [6.45, 7) is 6.14. The molecule has 0 aliphatic carbocycles. The normalized spacial score (nSPS) is 10.4. The van der Waals surface area contributed by atoms with Crippen molar-refractivity contribution >= 4 is 0 Å². The molecule has 0 bridgehead atoms. The monoisotopic (exact) mass is 270 g/mol. The molecule has 0 saturated carbocycles. The van der Waals surface area contributed by atoms with Crippen molar-refractivity contribution in [1.29, 1.82) is 0 Å². The summed E-state index contributed by atoms with van der Waals surface area (Å²) in [4.78, 5) is 24.2. The second-order valence-corrected chi connectivity index (χ2v) is 4.57. The van der Waals surface area contributed by atoms with Gasteiger partial charge in [0.15, 0.2) is 0 Å². The molecule has 0 N–H and O–H groups in total. The average molecular weight is 270 g/mol. The summed E-state index contributed by atoms with van der Waals surface area (Å²) >= 11 is 0. The van der Waals surface area contributed by atoms with Crippen LogP contribution >= 0.6 is 0 Å². The molecule has 4 heteroatoms. The number of allylic oxidation sites excluding steroid dienone is 1. The number of benzene rings is 1. The predicted octanol–water partition coefficient (Wildman–Crippen LogP) is 2.14. The maximum Gasteiger partial charge on any atom is 0.320 e. The highest BCUT2D eigenvalue weighted by atomic mass is 16.2. The van der Waals surface area contributed by atoms with E-state index in [4.69, 9.17) is 0 Å². The minimum absolute atomic E-state index is 0.480. The lowest BCUT2D eigenvalue weighted by Gasteiger charge is -2.09. The number of hydrogen-bond donors (Lipinski definition) is 0. The van der Waals surface area contributed by atoms with E-state index in [1.807, 2.05) is 24.3 Å². The van der Waals surface area contributed by atoms with Crippen LogP contribution in [0.1, 0.15) is 18.9 Å². The van der Waals surface area contributed by atoms with Gasteiger partial charge in [0.2, 0.25) is 0 Å². The molecule has 2 aromatic rings. The standard InChI is InChI=1S/C16H18N2O2/c1-3-5-9-17-10-11-18(16(20)15(17)19)14-8-6-7-13(4-2)12-14/h3,6-8,10-12H,1,4-5,9H2,2H3. The van der Waals surface area contributed by atoms with Crippen molar-refractivity contribution in [2.45, 2.75) is 26.3 Å². The Balaban J connectivity index is 2.48. The van der Waals surface area contributed by atoms with Gasteiger partial charge < -0.3 is 4.57 Å². The molecule has 0 radical (unpaired) electrons. The molecule has 0 atom stereocenters. The largest absolute Gasteiger partial charge is 0.320 e. The van der Waals surface area contributed by atoms with Gasteiger partial charge in [-0.25, -0.2) is 0 Å². The fourth-order valence-electron chi connectivity index (χ4n) is 2.04. The molecule has 0 fully saturated rings. The van der Waals surface area contributed by atoms with Gasteiger partial charge in [-0.3, -0.25) is 14.2 Å². The van der Waals surface area contributed by atoms with Crippen molar-refractivity contribution in [1.82, 2.24) is 9.13 Å². The summed E-state index contributed by atoms with van der Waals surface area (Å²) in [5.74, 6) is 0. The van der Waals surface area contributed by atoms with Gasteiger partial charge in [-0.15, -0.1) is 6.58 Å². The molecule has 0 spiro atoms. The van der Waals surface area contributed by atoms with Crippen LogP contribution in [0.3, 0.4) is 0 Å². The van der Waals surface area contributed by atoms with Crippen molar-refractivity contribution in [3.8, 4) is 5.69 Å². The summed E-state index contributed by atoms with van der Waals surface area (Å²) in [6, 6.07) is 7.65. The molecule has 4 nitrogen and oxygen atoms in total. The Hall–Kier alpha value is -2.36. The number of aromatic nitrogens is 2. The van der Waals surface area contributed by atoms with E-state index in [0.717, 1.165) is 17.7 Å². The second kappa shape index (κ2) is 6.19. The number of hydrogen-bond acceptors (Lipinski definition) is 2. The molecule has 0 unspecified atom stereocenters. The van der Waals surface area contributed by atoms with Crippen molar-refractivity contribution in [2.75, 3.05) is 0 Å². The van der Waals surface area contributed by atoms with Gasteiger partial charge in [-0.2, -0.15) is 0 Å². The lowest BCUT2D eigenvalue weighted by Crippen LogP contribution is -2.39. The molecular weight excluding hydrogens is 252 g/mol. The third-order valence-electron chi connectivity index (χ3n) is 3.23. The van der Waals surface area contributed by atoms with Gasteiger partial charge in [0.05, 0.1) is 0 Å². The highest BCUT2D eigenvalue weighted by molar-refractivity contribution is 5.35. The van der Waals surface area contributed by atoms with Gasteiger partial charge in [-0.05, 0) is 30.5 Å². The lowest BCUT2D eigenvalue weighted by molar-refractivity contribution is 0.656. The van der Waals surface area contributed by atoms with Crippen LogP contribution in [0.15, 0.2) is 58.9 Å². The van der Waals surface area contributed by atoms with Crippen molar-refractivity contribution in [3.63, 3.8) is 0 Å². The maximum atomic E-state index is 12.2. The molecule has 20 heavy (non-hydrogen) atoms. The third kappa shape index (κ3) is 2.79. The highest BCUT2D eigenvalue weighted by Crippen LogP contribution is 2.08. The van der Waals surface area contributed by atoms with Crippen LogP contribution in [-0.2, 0) is 13.0 Å². The fraction of sp³-hybridized carbons (Fsp3) is 0.250. The van der Waals surface area contributed by atoms with Crippen molar-refractivity contribution in [2.24, 2.45) is 0 Å². The van der Waals surface area contributed by atoms with Crippen molar-refractivity contribution < 1.29 is 0 Å². The first-order valence-corrected chi connectivity index (χ1v) is 6.69. The van der Waals surface area contributed by atoms with Crippen LogP contribution in [0.5, 0.6) is 0 Å². The Bertz CT molecular complexity index is 726. The molecular formula is C16H18N2O2. The summed E-state index contributed by atoms with van der Waals surface area (Å²) in [7, 11) is 0. The zero-order valence-electron chi connectivity index (χ0n) is 11.6. The second-order valence-electron chi connectivity index (χ2n) is 4.57. The summed E-state index contributed by atoms with van der Waals surface area (Å²) < 4.78 is 2.82. The molecule has 1 heterocycles. The predicted molar refractivity (Wildman–Crippen MR) is 80.5 cm³/mol. The van der Waals surface area contributed by atoms with Crippen LogP contribution in [0.25, 0.3) is 5.69 Å². The van der Waals surface area contributed by atoms with Gasteiger partial charge in [-0.1, -0.05) is 25.1 Å². The number of aryl methyl sites for hydroxylation is 2. The topological polar surface area (TPSA) is 44.0 Å².